The molecule has 5 nitrogen and oxygen atoms in total. The molecule has 2 aromatic rings. The van der Waals surface area contributed by atoms with Crippen LogP contribution >= 0.6 is 0 Å². The number of carbonyl (C=O) groups excluding carboxylic acids is 1. The third-order valence-corrected chi connectivity index (χ3v) is 5.02. The predicted octanol–water partition coefficient (Wildman–Crippen LogP) is 3.44. The van der Waals surface area contributed by atoms with E-state index >= 15 is 0 Å². The fourth-order valence-electron chi connectivity index (χ4n) is 3.53. The predicted molar refractivity (Wildman–Crippen MR) is 112 cm³/mol. The van der Waals surface area contributed by atoms with E-state index in [4.69, 9.17) is 5.11 Å². The first-order chi connectivity index (χ1) is 14.0. The summed E-state index contributed by atoms with van der Waals surface area (Å²) in [7, 11) is 0. The Kier molecular flexibility index (Phi) is 6.98. The third kappa shape index (κ3) is 5.90. The van der Waals surface area contributed by atoms with E-state index in [1.807, 2.05) is 60.7 Å². The average molecular weight is 391 g/mol. The van der Waals surface area contributed by atoms with Gasteiger partial charge >= 0.3 is 5.97 Å². The molecule has 0 aliphatic carbocycles. The van der Waals surface area contributed by atoms with Gasteiger partial charge in [0.25, 0.3) is 0 Å². The van der Waals surface area contributed by atoms with Crippen molar-refractivity contribution in [2.24, 2.45) is 0 Å². The summed E-state index contributed by atoms with van der Waals surface area (Å²) in [6, 6.07) is 17.2. The monoisotopic (exact) mass is 391 g/mol. The van der Waals surface area contributed by atoms with Crippen LogP contribution in [-0.4, -0.2) is 39.1 Å². The molecule has 5 heteroatoms. The maximum Gasteiger partial charge on any atom is 0.328 e. The Bertz CT molecular complexity index is 904. The highest BCUT2D eigenvalue weighted by molar-refractivity contribution is 5.85. The van der Waals surface area contributed by atoms with Crippen LogP contribution in [0.25, 0.3) is 6.08 Å². The highest BCUT2D eigenvalue weighted by Gasteiger charge is 2.29. The van der Waals surface area contributed by atoms with Gasteiger partial charge in [-0.2, -0.15) is 0 Å². The smallest absolute Gasteiger partial charge is 0.328 e. The van der Waals surface area contributed by atoms with Crippen molar-refractivity contribution >= 4 is 18.0 Å². The molecule has 1 fully saturated rings. The van der Waals surface area contributed by atoms with Gasteiger partial charge in [0, 0.05) is 25.5 Å². The van der Waals surface area contributed by atoms with E-state index < -0.39 is 12.1 Å². The second-order valence-electron chi connectivity index (χ2n) is 7.14. The Hall–Kier alpha value is -3.18. The Labute approximate surface area is 170 Å². The number of hydrogen-bond donors (Lipinski definition) is 2. The van der Waals surface area contributed by atoms with Crippen molar-refractivity contribution in [1.82, 2.24) is 4.90 Å². The lowest BCUT2D eigenvalue weighted by molar-refractivity contribution is -0.131. The minimum absolute atomic E-state index is 0.0641. The quantitative estimate of drug-likeness (QED) is 0.534. The molecule has 0 saturated carbocycles. The zero-order valence-electron chi connectivity index (χ0n) is 16.1. The van der Waals surface area contributed by atoms with Gasteiger partial charge in [-0.1, -0.05) is 66.7 Å². The Morgan fingerprint density at radius 3 is 2.62 bits per heavy atom. The van der Waals surface area contributed by atoms with Crippen molar-refractivity contribution in [3.63, 3.8) is 0 Å². The molecule has 2 aromatic carbocycles. The fourth-order valence-corrected chi connectivity index (χ4v) is 3.53. The van der Waals surface area contributed by atoms with E-state index in [-0.39, 0.29) is 11.9 Å². The number of hydrogen-bond acceptors (Lipinski definition) is 3. The molecule has 1 aliphatic rings. The second kappa shape index (κ2) is 9.85. The van der Waals surface area contributed by atoms with Crippen molar-refractivity contribution in [2.45, 2.75) is 38.0 Å². The number of carbonyl (C=O) groups is 2. The van der Waals surface area contributed by atoms with Crippen LogP contribution in [0.1, 0.15) is 29.5 Å². The minimum atomic E-state index is -1.01. The summed E-state index contributed by atoms with van der Waals surface area (Å²) in [5, 5.41) is 19.2. The number of aliphatic hydroxyl groups excluding tert-OH is 1. The Morgan fingerprint density at radius 1 is 1.14 bits per heavy atom. The van der Waals surface area contributed by atoms with Gasteiger partial charge in [0.2, 0.25) is 5.91 Å². The fraction of sp³-hybridized carbons (Fsp3) is 0.250. The van der Waals surface area contributed by atoms with Crippen molar-refractivity contribution in [3.8, 4) is 0 Å². The Balaban J connectivity index is 1.69. The van der Waals surface area contributed by atoms with E-state index in [2.05, 4.69) is 0 Å². The normalized spacial score (nSPS) is 18.0. The molecule has 2 N–H and O–H groups in total. The van der Waals surface area contributed by atoms with Gasteiger partial charge in [-0.15, -0.1) is 0 Å². The number of carboxylic acid groups (broad SMARTS) is 1. The van der Waals surface area contributed by atoms with E-state index in [1.54, 1.807) is 17.1 Å². The average Bonchev–Trinajstić information content (AvgIpc) is 3.06. The first-order valence-corrected chi connectivity index (χ1v) is 9.71. The molecule has 0 bridgehead atoms. The largest absolute Gasteiger partial charge is 0.478 e. The summed E-state index contributed by atoms with van der Waals surface area (Å²) in [6.45, 7) is 0.406. The van der Waals surface area contributed by atoms with Gasteiger partial charge in [0.15, 0.2) is 0 Å². The molecule has 1 amide bonds. The number of nitrogens with zero attached hydrogens (tertiary/aromatic N) is 1. The first kappa shape index (κ1) is 20.6. The van der Waals surface area contributed by atoms with Gasteiger partial charge in [-0.3, -0.25) is 4.79 Å². The van der Waals surface area contributed by atoms with Crippen LogP contribution in [0.5, 0.6) is 0 Å². The highest BCUT2D eigenvalue weighted by Crippen LogP contribution is 2.24. The molecule has 3 rings (SSSR count). The lowest BCUT2D eigenvalue weighted by atomic mass is 10.0. The van der Waals surface area contributed by atoms with Crippen LogP contribution < -0.4 is 0 Å². The first-order valence-electron chi connectivity index (χ1n) is 9.71. The number of aliphatic hydroxyl groups is 1. The lowest BCUT2D eigenvalue weighted by Crippen LogP contribution is -2.31. The summed E-state index contributed by atoms with van der Waals surface area (Å²) in [6.07, 6.45) is 7.42. The summed E-state index contributed by atoms with van der Waals surface area (Å²) in [4.78, 5) is 25.0. The SMILES string of the molecule is O=C(O)/C=C/c1ccccc1CN1C(=O)CCC1/C=C/[C@@H](O)Cc1ccccc1. The zero-order valence-corrected chi connectivity index (χ0v) is 16.1. The standard InChI is InChI=1S/C24H25NO4/c26-22(16-18-6-2-1-3-7-18)13-11-21-12-14-23(27)25(21)17-20-9-5-4-8-19(20)10-15-24(28)29/h1-11,13,15,21-22,26H,12,14,16-17H2,(H,28,29)/b13-11+,15-10+/t21?,22-/m1/s1. The van der Waals surface area contributed by atoms with Crippen LogP contribution in [0.15, 0.2) is 72.8 Å². The van der Waals surface area contributed by atoms with Gasteiger partial charge in [0.1, 0.15) is 0 Å². The van der Waals surface area contributed by atoms with Crippen LogP contribution in [0.2, 0.25) is 0 Å². The van der Waals surface area contributed by atoms with Crippen molar-refractivity contribution in [3.05, 3.63) is 89.5 Å². The van der Waals surface area contributed by atoms with Crippen molar-refractivity contribution in [1.29, 1.82) is 0 Å². The molecule has 0 spiro atoms. The summed E-state index contributed by atoms with van der Waals surface area (Å²) >= 11 is 0. The molecule has 1 heterocycles. The van der Waals surface area contributed by atoms with Crippen LogP contribution in [0.4, 0.5) is 0 Å². The van der Waals surface area contributed by atoms with Crippen LogP contribution in [0.3, 0.4) is 0 Å². The third-order valence-electron chi connectivity index (χ3n) is 5.02. The molecule has 0 aromatic heterocycles. The van der Waals surface area contributed by atoms with Crippen LogP contribution in [0, 0.1) is 0 Å². The zero-order chi connectivity index (χ0) is 20.6. The number of likely N-dealkylation sites (tertiary alicyclic amines) is 1. The Morgan fingerprint density at radius 2 is 1.86 bits per heavy atom. The molecule has 150 valence electrons. The molecule has 1 saturated heterocycles. The number of benzene rings is 2. The lowest BCUT2D eigenvalue weighted by Gasteiger charge is -2.24. The minimum Gasteiger partial charge on any atom is -0.478 e. The molecule has 0 radical (unpaired) electrons. The molecular formula is C24H25NO4. The molecule has 29 heavy (non-hydrogen) atoms. The number of carboxylic acids is 1. The summed E-state index contributed by atoms with van der Waals surface area (Å²) < 4.78 is 0. The topological polar surface area (TPSA) is 77.8 Å². The molecule has 1 unspecified atom stereocenters. The van der Waals surface area contributed by atoms with Gasteiger partial charge < -0.3 is 15.1 Å². The number of amides is 1. The van der Waals surface area contributed by atoms with E-state index in [0.29, 0.717) is 25.8 Å². The van der Waals surface area contributed by atoms with E-state index in [0.717, 1.165) is 22.8 Å². The maximum atomic E-state index is 12.4. The van der Waals surface area contributed by atoms with Crippen LogP contribution in [-0.2, 0) is 22.6 Å². The molecule has 2 atom stereocenters. The highest BCUT2D eigenvalue weighted by atomic mass is 16.4. The van der Waals surface area contributed by atoms with Gasteiger partial charge in [-0.05, 0) is 29.2 Å². The summed E-state index contributed by atoms with van der Waals surface area (Å²) in [5.41, 5.74) is 2.73. The molecular weight excluding hydrogens is 366 g/mol. The van der Waals surface area contributed by atoms with Gasteiger partial charge in [-0.25, -0.2) is 4.79 Å². The van der Waals surface area contributed by atoms with Crippen molar-refractivity contribution < 1.29 is 19.8 Å². The van der Waals surface area contributed by atoms with E-state index in [9.17, 15) is 14.7 Å². The van der Waals surface area contributed by atoms with Gasteiger partial charge in [0.05, 0.1) is 12.1 Å². The van der Waals surface area contributed by atoms with Crippen molar-refractivity contribution in [2.75, 3.05) is 0 Å². The summed E-state index contributed by atoms with van der Waals surface area (Å²) in [5.74, 6) is -0.945. The maximum absolute atomic E-state index is 12.4. The number of rotatable bonds is 8. The molecule has 1 aliphatic heterocycles. The second-order valence-corrected chi connectivity index (χ2v) is 7.14. The van der Waals surface area contributed by atoms with E-state index in [1.165, 1.54) is 0 Å². The number of aliphatic carboxylic acids is 1.